The Morgan fingerprint density at radius 3 is 1.98 bits per heavy atom. The maximum atomic E-state index is 13.0. The lowest BCUT2D eigenvalue weighted by Gasteiger charge is -2.28. The maximum absolute atomic E-state index is 13.0. The number of rotatable bonds is 22. The zero-order chi connectivity index (χ0) is 59.8. The van der Waals surface area contributed by atoms with E-state index in [0.717, 1.165) is 61.8 Å². The van der Waals surface area contributed by atoms with Gasteiger partial charge in [0.15, 0.2) is 5.71 Å². The van der Waals surface area contributed by atoms with Gasteiger partial charge >= 0.3 is 0 Å². The number of fused-ring (bicyclic) bond motifs is 6. The molecule has 2 amide bonds. The van der Waals surface area contributed by atoms with Crippen LogP contribution in [0.1, 0.15) is 115 Å². The minimum atomic E-state index is -4.62. The highest BCUT2D eigenvalue weighted by Gasteiger charge is 2.46. The number of carbonyl (C=O) groups excluding carboxylic acids is 2. The Morgan fingerprint density at radius 2 is 1.37 bits per heavy atom. The zero-order valence-electron chi connectivity index (χ0n) is 46.7. The number of terminal acetylenes is 1. The summed E-state index contributed by atoms with van der Waals surface area (Å²) >= 11 is 1.64. The number of anilines is 1. The second-order valence-corrected chi connectivity index (χ2v) is 29.6. The predicted molar refractivity (Wildman–Crippen MR) is 319 cm³/mol. The molecule has 0 fully saturated rings. The summed E-state index contributed by atoms with van der Waals surface area (Å²) in [7, 11) is -17.9. The number of amides is 2. The van der Waals surface area contributed by atoms with Crippen molar-refractivity contribution in [3.63, 3.8) is 0 Å². The number of benzene rings is 4. The average molecular weight is 1210 g/mol. The Kier molecular flexibility index (Phi) is 18.8. The molecule has 2 heterocycles. The van der Waals surface area contributed by atoms with Gasteiger partial charge < -0.3 is 15.5 Å². The molecule has 0 saturated carbocycles. The molecule has 6 N–H and O–H groups in total. The predicted octanol–water partition coefficient (Wildman–Crippen LogP) is 9.18. The lowest BCUT2D eigenvalue weighted by Crippen LogP contribution is -2.35. The average Bonchev–Trinajstić information content (AvgIpc) is 3.43. The van der Waals surface area contributed by atoms with Gasteiger partial charge in [-0.2, -0.15) is 38.2 Å². The highest BCUT2D eigenvalue weighted by atomic mass is 32.2. The number of thioether (sulfide) groups is 1. The quantitative estimate of drug-likeness (QED) is 0.0185. The van der Waals surface area contributed by atoms with Crippen molar-refractivity contribution in [1.29, 1.82) is 0 Å². The highest BCUT2D eigenvalue weighted by molar-refractivity contribution is 8.03. The lowest BCUT2D eigenvalue weighted by atomic mass is 9.78. The molecule has 0 bridgehead atoms. The van der Waals surface area contributed by atoms with Gasteiger partial charge in [0.25, 0.3) is 40.5 Å². The third-order valence-corrected chi connectivity index (χ3v) is 20.7. The number of hydrogen-bond acceptors (Lipinski definition) is 12. The van der Waals surface area contributed by atoms with Crippen LogP contribution < -0.4 is 15.5 Å². The van der Waals surface area contributed by atoms with E-state index in [-0.39, 0.29) is 35.7 Å². The molecule has 4 aromatic carbocycles. The van der Waals surface area contributed by atoms with Crippen LogP contribution in [0.15, 0.2) is 104 Å². The number of allylic oxidation sites excluding steroid dienone is 7. The second kappa shape index (κ2) is 24.3. The highest BCUT2D eigenvalue weighted by Crippen LogP contribution is 2.52. The van der Waals surface area contributed by atoms with Crippen LogP contribution >= 0.6 is 11.8 Å². The van der Waals surface area contributed by atoms with Crippen LogP contribution in [0.5, 0.6) is 0 Å². The van der Waals surface area contributed by atoms with Gasteiger partial charge in [-0.05, 0) is 148 Å². The van der Waals surface area contributed by atoms with Gasteiger partial charge in [0.05, 0.1) is 10.3 Å². The third kappa shape index (κ3) is 13.9. The van der Waals surface area contributed by atoms with E-state index in [1.165, 1.54) is 32.0 Å². The third-order valence-electron chi connectivity index (χ3n) is 15.4. The molecule has 81 heavy (non-hydrogen) atoms. The summed E-state index contributed by atoms with van der Waals surface area (Å²) < 4.78 is 139. The van der Waals surface area contributed by atoms with Crippen molar-refractivity contribution in [1.82, 2.24) is 10.6 Å². The molecule has 0 aromatic heterocycles. The topological polar surface area (TPSA) is 282 Å². The first-order valence-corrected chi connectivity index (χ1v) is 33.4. The van der Waals surface area contributed by atoms with E-state index in [2.05, 4.69) is 50.3 Å². The van der Waals surface area contributed by atoms with Crippen molar-refractivity contribution >= 4 is 103 Å². The molecule has 2 atom stereocenters. The molecular formula is C58H71N4O14S5+. The minimum Gasteiger partial charge on any atom is -0.355 e. The van der Waals surface area contributed by atoms with Crippen molar-refractivity contribution in [2.24, 2.45) is 0 Å². The molecule has 7 rings (SSSR count). The summed E-state index contributed by atoms with van der Waals surface area (Å²) in [5.74, 6) is 2.56. The summed E-state index contributed by atoms with van der Waals surface area (Å²) in [6.45, 7) is 14.4. The molecule has 436 valence electrons. The number of hydrogen-bond donors (Lipinski definition) is 6. The summed E-state index contributed by atoms with van der Waals surface area (Å²) in [6, 6.07) is 13.6. The normalized spacial score (nSPS) is 18.2. The van der Waals surface area contributed by atoms with Crippen LogP contribution in [0.25, 0.3) is 21.5 Å². The maximum Gasteiger partial charge on any atom is 0.295 e. The van der Waals surface area contributed by atoms with Crippen molar-refractivity contribution < 1.29 is 66.0 Å². The van der Waals surface area contributed by atoms with Gasteiger partial charge in [-0.25, -0.2) is 0 Å². The largest absolute Gasteiger partial charge is 0.355 e. The number of nitrogens with one attached hydrogen (secondary N) is 2. The fraction of sp³-hybridized carbons (Fsp3) is 0.431. The fourth-order valence-electron chi connectivity index (χ4n) is 11.2. The SMILES string of the molecule is C#CCCSC1=C(C=CC2=[N+](CCCC(=O)NCC(C)S(=O)(=O)O)c3ccc4c(C)cc(S(=O)(=O)O)cc4c3C2(C)C)CCCC1=CC=C1N(CCCC(=O)NCC(C)S(=O)(=O)O)c2ccc3c(S(=O)(=O)O)cc(C)cc3c2C1(C)C. The number of aryl methyl sites for hydroxylation is 2. The van der Waals surface area contributed by atoms with Crippen LogP contribution in [0, 0.1) is 26.2 Å². The van der Waals surface area contributed by atoms with Crippen molar-refractivity contribution in [3.05, 3.63) is 117 Å². The van der Waals surface area contributed by atoms with Crippen LogP contribution in [-0.4, -0.2) is 116 Å². The molecule has 23 heteroatoms. The van der Waals surface area contributed by atoms with Crippen molar-refractivity contribution in [3.8, 4) is 12.3 Å². The monoisotopic (exact) mass is 1210 g/mol. The Labute approximate surface area is 480 Å². The van der Waals surface area contributed by atoms with E-state index in [4.69, 9.17) is 6.42 Å². The summed E-state index contributed by atoms with van der Waals surface area (Å²) in [4.78, 5) is 28.8. The van der Waals surface area contributed by atoms with Crippen LogP contribution in [0.2, 0.25) is 0 Å². The summed E-state index contributed by atoms with van der Waals surface area (Å²) in [6.07, 6.45) is 17.5. The van der Waals surface area contributed by atoms with Crippen molar-refractivity contribution in [2.45, 2.75) is 138 Å². The molecule has 4 aromatic rings. The molecule has 2 unspecified atom stereocenters. The summed E-state index contributed by atoms with van der Waals surface area (Å²) in [5.41, 5.74) is 6.70. The first-order chi connectivity index (χ1) is 37.7. The van der Waals surface area contributed by atoms with E-state index in [1.54, 1.807) is 31.7 Å². The number of carbonyl (C=O) groups is 2. The molecule has 0 radical (unpaired) electrons. The second-order valence-electron chi connectivity index (χ2n) is 22.1. The molecule has 2 aliphatic heterocycles. The molecule has 1 aliphatic carbocycles. The van der Waals surface area contributed by atoms with E-state index in [9.17, 15) is 61.5 Å². The Morgan fingerprint density at radius 1 is 0.753 bits per heavy atom. The standard InChI is InChI=1S/C58H70N4O14S5/c1-10-11-29-77-56-40(19-25-50-57(6,7)54-45-30-36(2)31-49(81(74,75)76)44(45)22-24-48(54)62(50)28-14-18-53(64)60-35-39(5)79(68,69)70)15-12-16-41(56)20-26-51-58(8,9)55-46-33-42(80(71,72)73)32-37(3)43(46)21-23-47(55)61(51)27-13-17-52(63)59-34-38(4)78(65,66)67/h1,19-26,30-33,38-39H,11-18,27-29,34-35H2,2-9H3,(H5-,59,60,63,64,65,66,67,68,69,70,71,72,73,74,75,76)/p+1. The van der Waals surface area contributed by atoms with E-state index >= 15 is 0 Å². The molecule has 3 aliphatic rings. The lowest BCUT2D eigenvalue weighted by molar-refractivity contribution is -0.438. The molecule has 18 nitrogen and oxygen atoms in total. The van der Waals surface area contributed by atoms with E-state index < -0.39 is 73.6 Å². The van der Waals surface area contributed by atoms with Gasteiger partial charge in [-0.1, -0.05) is 38.1 Å². The van der Waals surface area contributed by atoms with Gasteiger partial charge in [-0.15, -0.1) is 24.1 Å². The first-order valence-electron chi connectivity index (χ1n) is 26.6. The van der Waals surface area contributed by atoms with Gasteiger partial charge in [0.2, 0.25) is 17.5 Å². The van der Waals surface area contributed by atoms with Crippen molar-refractivity contribution in [2.75, 3.05) is 36.8 Å². The van der Waals surface area contributed by atoms with Crippen LogP contribution in [-0.2, 0) is 60.9 Å². The van der Waals surface area contributed by atoms with Gasteiger partial charge in [-0.3, -0.25) is 27.8 Å². The van der Waals surface area contributed by atoms with E-state index in [0.29, 0.717) is 78.2 Å². The Balaban J connectivity index is 1.32. The van der Waals surface area contributed by atoms with Gasteiger partial charge in [0, 0.05) is 95.9 Å². The zero-order valence-corrected chi connectivity index (χ0v) is 50.7. The Bertz CT molecular complexity index is 3910. The summed E-state index contributed by atoms with van der Waals surface area (Å²) in [5, 5.41) is 5.21. The fourth-order valence-corrected chi connectivity index (χ4v) is 14.3. The molecule has 0 spiro atoms. The van der Waals surface area contributed by atoms with Gasteiger partial charge in [0.1, 0.15) is 21.9 Å². The smallest absolute Gasteiger partial charge is 0.295 e. The minimum absolute atomic E-state index is 0.0287. The Hall–Kier alpha value is -5.68. The molecular weight excluding hydrogens is 1140 g/mol. The molecule has 0 saturated heterocycles. The van der Waals surface area contributed by atoms with E-state index in [1.807, 2.05) is 52.0 Å². The van der Waals surface area contributed by atoms with Crippen LogP contribution in [0.3, 0.4) is 0 Å². The van der Waals surface area contributed by atoms with Crippen LogP contribution in [0.4, 0.5) is 11.4 Å². The first kappa shape index (κ1) is 62.9. The number of nitrogens with zero attached hydrogens (tertiary/aromatic N) is 2.